The molecule has 0 aliphatic carbocycles. The van der Waals surface area contributed by atoms with E-state index in [0.29, 0.717) is 18.7 Å². The number of aliphatic hydroxyl groups excluding tert-OH is 1. The second-order valence-corrected chi connectivity index (χ2v) is 12.4. The van der Waals surface area contributed by atoms with Gasteiger partial charge in [-0.15, -0.1) is 0 Å². The Kier molecular flexibility index (Phi) is 10.1. The third-order valence-corrected chi connectivity index (χ3v) is 8.96. The lowest BCUT2D eigenvalue weighted by Crippen LogP contribution is -2.46. The van der Waals surface area contributed by atoms with Gasteiger partial charge in [0.25, 0.3) is 5.91 Å². The fourth-order valence-corrected chi connectivity index (χ4v) is 6.27. The zero-order chi connectivity index (χ0) is 32.0. The van der Waals surface area contributed by atoms with Crippen LogP contribution in [0.3, 0.4) is 0 Å². The highest BCUT2D eigenvalue weighted by Gasteiger charge is 2.33. The molecule has 2 aromatic carbocycles. The number of likely N-dealkylation sites (N-methyl/N-ethyl adjacent to an activating group) is 1. The zero-order valence-electron chi connectivity index (χ0n) is 26.7. The number of pyridine rings is 1. The van der Waals surface area contributed by atoms with Crippen molar-refractivity contribution < 1.29 is 14.6 Å². The van der Waals surface area contributed by atoms with Gasteiger partial charge in [-0.3, -0.25) is 19.3 Å². The quantitative estimate of drug-likeness (QED) is 0.231. The fraction of sp³-hybridized carbons (Fsp3) is 0.400. The standard InChI is InChI=1S/C35H44N8O3/c1-40-22-32(39-35(45)31-17-29(18-37-34(31)36)30-19-38-41(2)21-30)33(23-40)46-24-26-5-9-28(10-6-26)27-7-3-25(4-8-27)20-43-13-11-42(12-14-43)15-16-44/h3-10,17-19,21,32-33,44H,11-16,20,22-24H2,1-2H3,(H2,36,37)(H,39,45)/t32?,33-/m0/s1. The van der Waals surface area contributed by atoms with Crippen molar-refractivity contribution in [1.82, 2.24) is 34.8 Å². The average Bonchev–Trinajstić information content (AvgIpc) is 3.66. The number of piperazine rings is 1. The van der Waals surface area contributed by atoms with Crippen LogP contribution in [0.25, 0.3) is 22.3 Å². The predicted octanol–water partition coefficient (Wildman–Crippen LogP) is 2.47. The van der Waals surface area contributed by atoms with Crippen molar-refractivity contribution >= 4 is 11.7 Å². The first-order chi connectivity index (χ1) is 22.3. The number of amides is 1. The second kappa shape index (κ2) is 14.5. The minimum Gasteiger partial charge on any atom is -0.395 e. The maximum absolute atomic E-state index is 13.3. The van der Waals surface area contributed by atoms with Crippen LogP contribution in [0.1, 0.15) is 21.5 Å². The van der Waals surface area contributed by atoms with Gasteiger partial charge >= 0.3 is 0 Å². The molecule has 2 aromatic heterocycles. The smallest absolute Gasteiger partial charge is 0.255 e. The SMILES string of the molecule is CN1CC(NC(=O)c2cc(-c3cnn(C)c3)cnc2N)[C@@H](OCc2ccc(-c3ccc(CN4CCN(CCO)CC4)cc3)cc2)C1. The Hall–Kier alpha value is -4.13. The van der Waals surface area contributed by atoms with Crippen LogP contribution in [0.2, 0.25) is 0 Å². The molecule has 11 nitrogen and oxygen atoms in total. The summed E-state index contributed by atoms with van der Waals surface area (Å²) in [5, 5.41) is 16.5. The van der Waals surface area contributed by atoms with Crippen molar-refractivity contribution in [2.45, 2.75) is 25.3 Å². The molecule has 0 spiro atoms. The van der Waals surface area contributed by atoms with Gasteiger partial charge in [-0.05, 0) is 35.4 Å². The lowest BCUT2D eigenvalue weighted by Gasteiger charge is -2.34. The van der Waals surface area contributed by atoms with Gasteiger partial charge in [-0.25, -0.2) is 4.98 Å². The molecule has 4 heterocycles. The minimum atomic E-state index is -0.263. The number of aryl methyl sites for hydroxylation is 1. The van der Waals surface area contributed by atoms with Crippen LogP contribution in [0, 0.1) is 0 Å². The molecular formula is C35H44N8O3. The molecule has 2 saturated heterocycles. The molecule has 2 fully saturated rings. The molecule has 242 valence electrons. The monoisotopic (exact) mass is 624 g/mol. The highest BCUT2D eigenvalue weighted by molar-refractivity contribution is 5.99. The summed E-state index contributed by atoms with van der Waals surface area (Å²) in [6, 6.07) is 18.9. The number of nitrogens with two attached hydrogens (primary N) is 1. The highest BCUT2D eigenvalue weighted by atomic mass is 16.5. The molecule has 0 saturated carbocycles. The number of β-amino-alcohol motifs (C(OH)–C–C–N with tert-alkyl or cyclic N) is 1. The number of hydrogen-bond acceptors (Lipinski definition) is 9. The predicted molar refractivity (Wildman–Crippen MR) is 179 cm³/mol. The van der Waals surface area contributed by atoms with E-state index in [4.69, 9.17) is 15.6 Å². The largest absolute Gasteiger partial charge is 0.395 e. The lowest BCUT2D eigenvalue weighted by molar-refractivity contribution is 0.0323. The van der Waals surface area contributed by atoms with E-state index >= 15 is 0 Å². The summed E-state index contributed by atoms with van der Waals surface area (Å²) in [4.78, 5) is 24.5. The molecule has 46 heavy (non-hydrogen) atoms. The number of nitrogens with one attached hydrogen (secondary N) is 1. The first kappa shape index (κ1) is 31.8. The van der Waals surface area contributed by atoms with Gasteiger partial charge in [0.05, 0.1) is 37.1 Å². The molecule has 2 aliphatic rings. The van der Waals surface area contributed by atoms with E-state index in [1.54, 1.807) is 23.1 Å². The number of rotatable bonds is 11. The second-order valence-electron chi connectivity index (χ2n) is 12.4. The van der Waals surface area contributed by atoms with E-state index < -0.39 is 0 Å². The van der Waals surface area contributed by atoms with Crippen molar-refractivity contribution in [1.29, 1.82) is 0 Å². The van der Waals surface area contributed by atoms with Gasteiger partial charge in [-0.2, -0.15) is 5.10 Å². The van der Waals surface area contributed by atoms with E-state index in [9.17, 15) is 4.79 Å². The summed E-state index contributed by atoms with van der Waals surface area (Å²) in [5.74, 6) is -0.0716. The van der Waals surface area contributed by atoms with Crippen LogP contribution < -0.4 is 11.1 Å². The maximum Gasteiger partial charge on any atom is 0.255 e. The van der Waals surface area contributed by atoms with E-state index in [1.165, 1.54) is 16.7 Å². The number of aliphatic hydroxyl groups is 1. The number of carbonyl (C=O) groups excluding carboxylic acids is 1. The molecule has 6 rings (SSSR count). The Morgan fingerprint density at radius 3 is 2.24 bits per heavy atom. The molecule has 4 N–H and O–H groups in total. The normalized spacial score (nSPS) is 19.5. The number of aromatic nitrogens is 3. The summed E-state index contributed by atoms with van der Waals surface area (Å²) in [7, 11) is 3.87. The maximum atomic E-state index is 13.3. The molecule has 2 aliphatic heterocycles. The van der Waals surface area contributed by atoms with Gasteiger partial charge in [-0.1, -0.05) is 48.5 Å². The minimum absolute atomic E-state index is 0.158. The highest BCUT2D eigenvalue weighted by Crippen LogP contribution is 2.24. The Labute approximate surface area is 270 Å². The molecule has 0 bridgehead atoms. The van der Waals surface area contributed by atoms with E-state index in [2.05, 4.69) is 78.6 Å². The third-order valence-electron chi connectivity index (χ3n) is 8.96. The van der Waals surface area contributed by atoms with Gasteiger partial charge in [0, 0.05) is 82.9 Å². The number of nitrogens with zero attached hydrogens (tertiary/aromatic N) is 6. The molecule has 4 aromatic rings. The van der Waals surface area contributed by atoms with Crippen molar-refractivity contribution in [3.8, 4) is 22.3 Å². The fourth-order valence-electron chi connectivity index (χ4n) is 6.27. The number of ether oxygens (including phenoxy) is 1. The van der Waals surface area contributed by atoms with Crippen molar-refractivity contribution in [2.24, 2.45) is 7.05 Å². The number of hydrogen-bond donors (Lipinski definition) is 3. The first-order valence-corrected chi connectivity index (χ1v) is 15.9. The molecule has 1 unspecified atom stereocenters. The Morgan fingerprint density at radius 1 is 0.913 bits per heavy atom. The zero-order valence-corrected chi connectivity index (χ0v) is 26.7. The number of anilines is 1. The molecule has 2 atom stereocenters. The molecule has 0 radical (unpaired) electrons. The topological polar surface area (TPSA) is 125 Å². The summed E-state index contributed by atoms with van der Waals surface area (Å²) in [6.45, 7) is 7.88. The Balaban J connectivity index is 1.02. The van der Waals surface area contributed by atoms with Gasteiger partial charge < -0.3 is 25.8 Å². The average molecular weight is 625 g/mol. The summed E-state index contributed by atoms with van der Waals surface area (Å²) in [5.41, 5.74) is 12.9. The summed E-state index contributed by atoms with van der Waals surface area (Å²) < 4.78 is 8.06. The number of carbonyl (C=O) groups is 1. The van der Waals surface area contributed by atoms with Crippen molar-refractivity contribution in [2.75, 3.05) is 65.2 Å². The van der Waals surface area contributed by atoms with Crippen LogP contribution >= 0.6 is 0 Å². The molecule has 11 heteroatoms. The number of likely N-dealkylation sites (tertiary alicyclic amines) is 1. The number of nitrogen functional groups attached to an aromatic ring is 1. The van der Waals surface area contributed by atoms with Crippen LogP contribution in [-0.2, 0) is 24.9 Å². The van der Waals surface area contributed by atoms with Gasteiger partial charge in [0.2, 0.25) is 0 Å². The van der Waals surface area contributed by atoms with Gasteiger partial charge in [0.1, 0.15) is 5.82 Å². The van der Waals surface area contributed by atoms with Crippen LogP contribution in [0.15, 0.2) is 73.2 Å². The number of benzene rings is 2. The first-order valence-electron chi connectivity index (χ1n) is 15.9. The van der Waals surface area contributed by atoms with Crippen molar-refractivity contribution in [3.05, 3.63) is 89.9 Å². The summed E-state index contributed by atoms with van der Waals surface area (Å²) in [6.07, 6.45) is 5.11. The lowest BCUT2D eigenvalue weighted by atomic mass is 10.0. The Bertz CT molecular complexity index is 1600. The van der Waals surface area contributed by atoms with Gasteiger partial charge in [0.15, 0.2) is 0 Å². The van der Waals surface area contributed by atoms with E-state index in [1.807, 2.05) is 20.3 Å². The van der Waals surface area contributed by atoms with Crippen LogP contribution in [0.4, 0.5) is 5.82 Å². The molecule has 1 amide bonds. The van der Waals surface area contributed by atoms with Crippen LogP contribution in [-0.4, -0.2) is 112 Å². The molecular weight excluding hydrogens is 580 g/mol. The van der Waals surface area contributed by atoms with Crippen molar-refractivity contribution in [3.63, 3.8) is 0 Å². The van der Waals surface area contributed by atoms with Crippen LogP contribution in [0.5, 0.6) is 0 Å². The van der Waals surface area contributed by atoms with E-state index in [-0.39, 0.29) is 30.5 Å². The third kappa shape index (κ3) is 7.80. The Morgan fingerprint density at radius 2 is 1.59 bits per heavy atom. The van der Waals surface area contributed by atoms with E-state index in [0.717, 1.165) is 62.5 Å². The summed E-state index contributed by atoms with van der Waals surface area (Å²) >= 11 is 0.